The molecule has 1 heterocycles. The van der Waals surface area contributed by atoms with Gasteiger partial charge in [0.25, 0.3) is 0 Å². The van der Waals surface area contributed by atoms with Crippen LogP contribution in [0.4, 0.5) is 0 Å². The number of hydrogen-bond acceptors (Lipinski definition) is 2. The molecule has 1 aromatic heterocycles. The number of furan rings is 1. The van der Waals surface area contributed by atoms with Gasteiger partial charge in [-0.2, -0.15) is 0 Å². The summed E-state index contributed by atoms with van der Waals surface area (Å²) < 4.78 is 12.3. The summed E-state index contributed by atoms with van der Waals surface area (Å²) in [7, 11) is 1.75. The highest BCUT2D eigenvalue weighted by Crippen LogP contribution is 2.45. The molecule has 134 valence electrons. The average Bonchev–Trinajstić information content (AvgIpc) is 2.82. The number of fused-ring (bicyclic) bond motifs is 3. The van der Waals surface area contributed by atoms with Gasteiger partial charge in [0.15, 0.2) is 0 Å². The Morgan fingerprint density at radius 2 is 1.36 bits per heavy atom. The molecule has 0 atom stereocenters. The molecule has 0 bridgehead atoms. The van der Waals surface area contributed by atoms with Crippen molar-refractivity contribution >= 4 is 21.9 Å². The van der Waals surface area contributed by atoms with Gasteiger partial charge in [-0.25, -0.2) is 0 Å². The standard InChI is InChI=1S/C23H30O2/c1-13-10-15-18-19(24-9)14(2)12-17(23(6,7)8)21(18)25-20(15)16(11-13)22(3,4)5/h10-12H,1-9H3. The summed E-state index contributed by atoms with van der Waals surface area (Å²) in [5, 5.41) is 2.27. The lowest BCUT2D eigenvalue weighted by Crippen LogP contribution is -2.12. The van der Waals surface area contributed by atoms with Gasteiger partial charge in [0.05, 0.1) is 12.5 Å². The van der Waals surface area contributed by atoms with E-state index in [0.717, 1.165) is 33.3 Å². The number of aryl methyl sites for hydroxylation is 2. The van der Waals surface area contributed by atoms with E-state index in [9.17, 15) is 0 Å². The summed E-state index contributed by atoms with van der Waals surface area (Å²) >= 11 is 0. The predicted molar refractivity (Wildman–Crippen MR) is 107 cm³/mol. The quantitative estimate of drug-likeness (QED) is 0.486. The zero-order chi connectivity index (χ0) is 18.7. The van der Waals surface area contributed by atoms with Gasteiger partial charge in [-0.05, 0) is 47.9 Å². The second-order valence-electron chi connectivity index (χ2n) is 9.27. The van der Waals surface area contributed by atoms with Crippen LogP contribution >= 0.6 is 0 Å². The van der Waals surface area contributed by atoms with E-state index in [1.165, 1.54) is 16.7 Å². The van der Waals surface area contributed by atoms with Crippen LogP contribution in [0.2, 0.25) is 0 Å². The molecule has 0 amide bonds. The minimum absolute atomic E-state index is 0.0000973. The first-order valence-corrected chi connectivity index (χ1v) is 9.00. The first-order chi connectivity index (χ1) is 11.4. The maximum absolute atomic E-state index is 6.54. The number of benzene rings is 2. The van der Waals surface area contributed by atoms with E-state index in [1.54, 1.807) is 7.11 Å². The molecule has 2 heteroatoms. The Morgan fingerprint density at radius 1 is 0.800 bits per heavy atom. The molecule has 0 aliphatic heterocycles. The smallest absolute Gasteiger partial charge is 0.142 e. The van der Waals surface area contributed by atoms with Crippen LogP contribution in [-0.2, 0) is 10.8 Å². The molecule has 2 aromatic carbocycles. The summed E-state index contributed by atoms with van der Waals surface area (Å²) in [5.74, 6) is 0.923. The first-order valence-electron chi connectivity index (χ1n) is 9.00. The second kappa shape index (κ2) is 5.52. The Morgan fingerprint density at radius 3 is 1.88 bits per heavy atom. The van der Waals surface area contributed by atoms with Crippen molar-refractivity contribution in [3.8, 4) is 5.75 Å². The SMILES string of the molecule is COc1c(C)cc(C(C)(C)C)c2oc3c(C(C)(C)C)cc(C)cc3c12. The van der Waals surface area contributed by atoms with Crippen LogP contribution in [0, 0.1) is 13.8 Å². The number of ether oxygens (including phenoxy) is 1. The van der Waals surface area contributed by atoms with Crippen molar-refractivity contribution in [3.63, 3.8) is 0 Å². The van der Waals surface area contributed by atoms with Crippen LogP contribution in [0.5, 0.6) is 5.75 Å². The fourth-order valence-corrected chi connectivity index (χ4v) is 3.68. The van der Waals surface area contributed by atoms with Gasteiger partial charge in [-0.1, -0.05) is 47.6 Å². The Labute approximate surface area is 151 Å². The molecule has 0 aliphatic rings. The van der Waals surface area contributed by atoms with Crippen LogP contribution in [0.1, 0.15) is 63.8 Å². The fraction of sp³-hybridized carbons (Fsp3) is 0.478. The summed E-state index contributed by atoms with van der Waals surface area (Å²) in [5.41, 5.74) is 6.85. The minimum Gasteiger partial charge on any atom is -0.496 e. The highest BCUT2D eigenvalue weighted by atomic mass is 16.5. The van der Waals surface area contributed by atoms with E-state index >= 15 is 0 Å². The monoisotopic (exact) mass is 338 g/mol. The fourth-order valence-electron chi connectivity index (χ4n) is 3.68. The lowest BCUT2D eigenvalue weighted by atomic mass is 9.83. The highest BCUT2D eigenvalue weighted by Gasteiger charge is 2.28. The van der Waals surface area contributed by atoms with E-state index in [0.29, 0.717) is 0 Å². The molecule has 2 nitrogen and oxygen atoms in total. The van der Waals surface area contributed by atoms with Gasteiger partial charge in [0, 0.05) is 16.5 Å². The summed E-state index contributed by atoms with van der Waals surface area (Å²) in [6, 6.07) is 6.69. The predicted octanol–water partition coefficient (Wildman–Crippen LogP) is 6.81. The maximum Gasteiger partial charge on any atom is 0.142 e. The molecular formula is C23H30O2. The van der Waals surface area contributed by atoms with Gasteiger partial charge in [-0.15, -0.1) is 0 Å². The van der Waals surface area contributed by atoms with Crippen molar-refractivity contribution in [1.82, 2.24) is 0 Å². The summed E-state index contributed by atoms with van der Waals surface area (Å²) in [6.45, 7) is 17.7. The molecule has 0 fully saturated rings. The molecule has 25 heavy (non-hydrogen) atoms. The van der Waals surface area contributed by atoms with E-state index in [1.807, 2.05) is 0 Å². The lowest BCUT2D eigenvalue weighted by Gasteiger charge is -2.21. The van der Waals surface area contributed by atoms with Crippen molar-refractivity contribution < 1.29 is 9.15 Å². The molecule has 0 spiro atoms. The normalized spacial score (nSPS) is 13.0. The van der Waals surface area contributed by atoms with Crippen molar-refractivity contribution in [3.05, 3.63) is 40.5 Å². The van der Waals surface area contributed by atoms with Gasteiger partial charge in [0.1, 0.15) is 16.9 Å². The molecule has 0 radical (unpaired) electrons. The van der Waals surface area contributed by atoms with E-state index in [4.69, 9.17) is 9.15 Å². The molecule has 3 aromatic rings. The van der Waals surface area contributed by atoms with Gasteiger partial charge < -0.3 is 9.15 Å². The topological polar surface area (TPSA) is 22.4 Å². The van der Waals surface area contributed by atoms with Crippen LogP contribution in [0.15, 0.2) is 22.6 Å². The Hall–Kier alpha value is -1.96. The Bertz CT molecular complexity index is 960. The molecule has 0 N–H and O–H groups in total. The van der Waals surface area contributed by atoms with E-state index < -0.39 is 0 Å². The van der Waals surface area contributed by atoms with Crippen molar-refractivity contribution in [1.29, 1.82) is 0 Å². The lowest BCUT2D eigenvalue weighted by molar-refractivity contribution is 0.416. The molecule has 3 rings (SSSR count). The van der Waals surface area contributed by atoms with E-state index in [2.05, 4.69) is 73.6 Å². The number of hydrogen-bond donors (Lipinski definition) is 0. The van der Waals surface area contributed by atoms with Crippen LogP contribution in [-0.4, -0.2) is 7.11 Å². The average molecular weight is 338 g/mol. The van der Waals surface area contributed by atoms with Crippen molar-refractivity contribution in [2.75, 3.05) is 7.11 Å². The van der Waals surface area contributed by atoms with Crippen LogP contribution < -0.4 is 4.74 Å². The van der Waals surface area contributed by atoms with E-state index in [-0.39, 0.29) is 10.8 Å². The zero-order valence-corrected chi connectivity index (χ0v) is 17.0. The summed E-state index contributed by atoms with van der Waals surface area (Å²) in [4.78, 5) is 0. The van der Waals surface area contributed by atoms with Gasteiger partial charge in [0.2, 0.25) is 0 Å². The Kier molecular flexibility index (Phi) is 3.94. The molecular weight excluding hydrogens is 308 g/mol. The zero-order valence-electron chi connectivity index (χ0n) is 17.0. The number of methoxy groups -OCH3 is 1. The van der Waals surface area contributed by atoms with Crippen LogP contribution in [0.3, 0.4) is 0 Å². The first kappa shape index (κ1) is 17.8. The van der Waals surface area contributed by atoms with Gasteiger partial charge >= 0.3 is 0 Å². The van der Waals surface area contributed by atoms with Crippen molar-refractivity contribution in [2.24, 2.45) is 0 Å². The maximum atomic E-state index is 6.54. The molecule has 0 saturated carbocycles. The second-order valence-corrected chi connectivity index (χ2v) is 9.27. The number of rotatable bonds is 1. The van der Waals surface area contributed by atoms with Gasteiger partial charge in [-0.3, -0.25) is 0 Å². The molecule has 0 aliphatic carbocycles. The summed E-state index contributed by atoms with van der Waals surface area (Å²) in [6.07, 6.45) is 0. The largest absolute Gasteiger partial charge is 0.496 e. The Balaban J connectivity index is 2.61. The third kappa shape index (κ3) is 2.82. The van der Waals surface area contributed by atoms with Crippen molar-refractivity contribution in [2.45, 2.75) is 66.2 Å². The highest BCUT2D eigenvalue weighted by molar-refractivity contribution is 6.11. The molecule has 0 unspecified atom stereocenters. The minimum atomic E-state index is 0.0000973. The third-order valence-electron chi connectivity index (χ3n) is 4.94. The molecule has 0 saturated heterocycles. The van der Waals surface area contributed by atoms with Crippen LogP contribution in [0.25, 0.3) is 21.9 Å². The third-order valence-corrected chi connectivity index (χ3v) is 4.94.